The van der Waals surface area contributed by atoms with Crippen molar-refractivity contribution in [3.63, 3.8) is 0 Å². The molecule has 0 saturated heterocycles. The number of hydrogen-bond donors (Lipinski definition) is 0. The van der Waals surface area contributed by atoms with Crippen LogP contribution in [-0.2, 0) is 0 Å². The summed E-state index contributed by atoms with van der Waals surface area (Å²) in [6, 6.07) is 9.17. The lowest BCUT2D eigenvalue weighted by Gasteiger charge is -2.06. The van der Waals surface area contributed by atoms with Gasteiger partial charge in [0.15, 0.2) is 11.6 Å². The molecule has 0 fully saturated rings. The summed E-state index contributed by atoms with van der Waals surface area (Å²) in [6.07, 6.45) is 0.677. The minimum Gasteiger partial charge on any atom is -0.454 e. The number of ether oxygens (including phenoxy) is 1. The van der Waals surface area contributed by atoms with Crippen molar-refractivity contribution in [2.75, 3.05) is 0 Å². The van der Waals surface area contributed by atoms with Crippen molar-refractivity contribution in [2.24, 2.45) is 0 Å². The second kappa shape index (κ2) is 5.26. The van der Waals surface area contributed by atoms with Crippen molar-refractivity contribution >= 4 is 12.0 Å². The fraction of sp³-hybridized carbons (Fsp3) is 0. The predicted octanol–water partition coefficient (Wildman–Crippen LogP) is 3.34. The summed E-state index contributed by atoms with van der Waals surface area (Å²) in [5.74, 6) is -0.614. The van der Waals surface area contributed by atoms with Crippen LogP contribution in [0.15, 0.2) is 42.5 Å². The maximum atomic E-state index is 13.6. The highest BCUT2D eigenvalue weighted by atomic mass is 19.1. The highest BCUT2D eigenvalue weighted by Crippen LogP contribution is 2.27. The standard InChI is InChI=1S/C13H8FNO4/c14-12-7-10(15(17)18)3-6-13(12)19-11-4-1-9(8-16)2-5-11/h1-8H. The quantitative estimate of drug-likeness (QED) is 0.480. The Hall–Kier alpha value is -2.76. The molecule has 0 unspecified atom stereocenters. The lowest BCUT2D eigenvalue weighted by Crippen LogP contribution is -1.92. The average molecular weight is 261 g/mol. The number of hydrogen-bond acceptors (Lipinski definition) is 4. The molecule has 0 N–H and O–H groups in total. The number of non-ortho nitro benzene ring substituents is 1. The zero-order chi connectivity index (χ0) is 13.8. The molecule has 0 amide bonds. The number of carbonyl (C=O) groups is 1. The summed E-state index contributed by atoms with van der Waals surface area (Å²) in [5.41, 5.74) is 0.123. The van der Waals surface area contributed by atoms with Crippen LogP contribution in [-0.4, -0.2) is 11.2 Å². The molecule has 0 heterocycles. The molecule has 0 bridgehead atoms. The van der Waals surface area contributed by atoms with Crippen LogP contribution in [0.2, 0.25) is 0 Å². The Balaban J connectivity index is 2.22. The van der Waals surface area contributed by atoms with E-state index in [1.165, 1.54) is 30.3 Å². The fourth-order valence-electron chi connectivity index (χ4n) is 1.43. The van der Waals surface area contributed by atoms with Crippen molar-refractivity contribution < 1.29 is 18.8 Å². The summed E-state index contributed by atoms with van der Waals surface area (Å²) in [6.45, 7) is 0. The van der Waals surface area contributed by atoms with E-state index in [2.05, 4.69) is 0 Å². The summed E-state index contributed by atoms with van der Waals surface area (Å²) < 4.78 is 18.8. The van der Waals surface area contributed by atoms with Gasteiger partial charge in [-0.3, -0.25) is 14.9 Å². The van der Waals surface area contributed by atoms with Gasteiger partial charge in [0.05, 0.1) is 11.0 Å². The lowest BCUT2D eigenvalue weighted by atomic mass is 10.2. The van der Waals surface area contributed by atoms with Crippen LogP contribution in [0.25, 0.3) is 0 Å². The van der Waals surface area contributed by atoms with Crippen molar-refractivity contribution in [1.29, 1.82) is 0 Å². The predicted molar refractivity (Wildman–Crippen MR) is 65.0 cm³/mol. The third kappa shape index (κ3) is 2.92. The first-order valence-corrected chi connectivity index (χ1v) is 5.27. The van der Waals surface area contributed by atoms with Crippen molar-refractivity contribution in [2.45, 2.75) is 0 Å². The van der Waals surface area contributed by atoms with Gasteiger partial charge in [0, 0.05) is 11.6 Å². The molecule has 96 valence electrons. The molecule has 0 aliphatic carbocycles. The van der Waals surface area contributed by atoms with E-state index < -0.39 is 10.7 Å². The molecule has 2 aromatic carbocycles. The number of aldehydes is 1. The SMILES string of the molecule is O=Cc1ccc(Oc2ccc([N+](=O)[O-])cc2F)cc1. The number of carbonyl (C=O) groups excluding carboxylic acids is 1. The van der Waals surface area contributed by atoms with Crippen LogP contribution in [0.1, 0.15) is 10.4 Å². The first-order chi connectivity index (χ1) is 9.10. The van der Waals surface area contributed by atoms with Gasteiger partial charge < -0.3 is 4.74 Å². The zero-order valence-electron chi connectivity index (χ0n) is 9.58. The zero-order valence-corrected chi connectivity index (χ0v) is 9.58. The van der Waals surface area contributed by atoms with Crippen molar-refractivity contribution in [1.82, 2.24) is 0 Å². The molecule has 19 heavy (non-hydrogen) atoms. The van der Waals surface area contributed by atoms with Gasteiger partial charge >= 0.3 is 0 Å². The topological polar surface area (TPSA) is 69.4 Å². The maximum Gasteiger partial charge on any atom is 0.272 e. The molecule has 2 aromatic rings. The van der Waals surface area contributed by atoms with E-state index in [4.69, 9.17) is 4.74 Å². The van der Waals surface area contributed by atoms with Gasteiger partial charge in [-0.05, 0) is 30.3 Å². The molecule has 0 aromatic heterocycles. The minimum atomic E-state index is -0.825. The van der Waals surface area contributed by atoms with E-state index in [9.17, 15) is 19.3 Å². The monoisotopic (exact) mass is 261 g/mol. The van der Waals surface area contributed by atoms with E-state index in [-0.39, 0.29) is 11.4 Å². The number of benzene rings is 2. The average Bonchev–Trinajstić information content (AvgIpc) is 2.41. The lowest BCUT2D eigenvalue weighted by molar-refractivity contribution is -0.385. The number of nitrogens with zero attached hydrogens (tertiary/aromatic N) is 1. The Morgan fingerprint density at radius 2 is 1.84 bits per heavy atom. The third-order valence-corrected chi connectivity index (χ3v) is 2.37. The first-order valence-electron chi connectivity index (χ1n) is 5.27. The molecule has 0 radical (unpaired) electrons. The van der Waals surface area contributed by atoms with Gasteiger partial charge in [0.25, 0.3) is 5.69 Å². The molecule has 5 nitrogen and oxygen atoms in total. The van der Waals surface area contributed by atoms with E-state index in [1.54, 1.807) is 0 Å². The number of nitro benzene ring substituents is 1. The Bertz CT molecular complexity index is 625. The van der Waals surface area contributed by atoms with Crippen LogP contribution < -0.4 is 4.74 Å². The molecule has 6 heteroatoms. The Morgan fingerprint density at radius 1 is 1.16 bits per heavy atom. The third-order valence-electron chi connectivity index (χ3n) is 2.37. The normalized spacial score (nSPS) is 9.95. The van der Waals surface area contributed by atoms with Crippen LogP contribution >= 0.6 is 0 Å². The molecule has 0 atom stereocenters. The Morgan fingerprint density at radius 3 is 2.37 bits per heavy atom. The van der Waals surface area contributed by atoms with E-state index >= 15 is 0 Å². The molecule has 0 aliphatic heterocycles. The highest BCUT2D eigenvalue weighted by molar-refractivity contribution is 5.74. The van der Waals surface area contributed by atoms with Crippen LogP contribution in [0, 0.1) is 15.9 Å². The van der Waals surface area contributed by atoms with Gasteiger partial charge in [-0.25, -0.2) is 4.39 Å². The molecule has 0 aliphatic rings. The van der Waals surface area contributed by atoms with Gasteiger partial charge in [0.1, 0.15) is 12.0 Å². The minimum absolute atomic E-state index is 0.121. The Kier molecular flexibility index (Phi) is 3.51. The number of nitro groups is 1. The van der Waals surface area contributed by atoms with Crippen LogP contribution in [0.3, 0.4) is 0 Å². The summed E-state index contributed by atoms with van der Waals surface area (Å²) in [4.78, 5) is 20.2. The molecule has 0 saturated carbocycles. The summed E-state index contributed by atoms with van der Waals surface area (Å²) in [7, 11) is 0. The van der Waals surface area contributed by atoms with Crippen molar-refractivity contribution in [3.8, 4) is 11.5 Å². The van der Waals surface area contributed by atoms with E-state index in [0.29, 0.717) is 17.6 Å². The maximum absolute atomic E-state index is 13.6. The number of rotatable bonds is 4. The van der Waals surface area contributed by atoms with Crippen molar-refractivity contribution in [3.05, 3.63) is 64.0 Å². The largest absolute Gasteiger partial charge is 0.454 e. The molecular weight excluding hydrogens is 253 g/mol. The molecular formula is C13H8FNO4. The van der Waals surface area contributed by atoms with Gasteiger partial charge in [-0.15, -0.1) is 0 Å². The fourth-order valence-corrected chi connectivity index (χ4v) is 1.43. The summed E-state index contributed by atoms with van der Waals surface area (Å²) >= 11 is 0. The Labute approximate surface area is 107 Å². The highest BCUT2D eigenvalue weighted by Gasteiger charge is 2.12. The first kappa shape index (κ1) is 12.7. The van der Waals surface area contributed by atoms with Gasteiger partial charge in [-0.2, -0.15) is 0 Å². The van der Waals surface area contributed by atoms with Crippen LogP contribution in [0.5, 0.6) is 11.5 Å². The molecule has 2 rings (SSSR count). The van der Waals surface area contributed by atoms with Crippen LogP contribution in [0.4, 0.5) is 10.1 Å². The smallest absolute Gasteiger partial charge is 0.272 e. The second-order valence-electron chi connectivity index (χ2n) is 3.66. The van der Waals surface area contributed by atoms with E-state index in [0.717, 1.165) is 12.1 Å². The molecule has 0 spiro atoms. The second-order valence-corrected chi connectivity index (χ2v) is 3.66. The van der Waals surface area contributed by atoms with Gasteiger partial charge in [0.2, 0.25) is 0 Å². The summed E-state index contributed by atoms with van der Waals surface area (Å²) in [5, 5.41) is 10.5. The van der Waals surface area contributed by atoms with Gasteiger partial charge in [-0.1, -0.05) is 0 Å². The number of halogens is 1. The van der Waals surface area contributed by atoms with E-state index in [1.807, 2.05) is 0 Å².